The van der Waals surface area contributed by atoms with Crippen LogP contribution in [0.1, 0.15) is 24.5 Å². The molecule has 0 radical (unpaired) electrons. The molecule has 1 unspecified atom stereocenters. The SMILES string of the molecule is O=C(CSc1ncccn1)N1CCC(N2CC(c3ccccc3)OC2=O)CC1. The molecule has 28 heavy (non-hydrogen) atoms. The highest BCUT2D eigenvalue weighted by Crippen LogP contribution is 2.30. The summed E-state index contributed by atoms with van der Waals surface area (Å²) in [5.74, 6) is 0.415. The molecular weight excluding hydrogens is 376 g/mol. The second-order valence-electron chi connectivity index (χ2n) is 6.87. The summed E-state index contributed by atoms with van der Waals surface area (Å²) < 4.78 is 5.56. The van der Waals surface area contributed by atoms with Gasteiger partial charge in [-0.3, -0.25) is 4.79 Å². The van der Waals surface area contributed by atoms with Gasteiger partial charge in [0.2, 0.25) is 5.91 Å². The van der Waals surface area contributed by atoms with E-state index in [-0.39, 0.29) is 24.1 Å². The molecule has 7 nitrogen and oxygen atoms in total. The van der Waals surface area contributed by atoms with Gasteiger partial charge in [-0.2, -0.15) is 0 Å². The molecule has 0 N–H and O–H groups in total. The summed E-state index contributed by atoms with van der Waals surface area (Å²) in [7, 11) is 0. The Balaban J connectivity index is 1.27. The van der Waals surface area contributed by atoms with E-state index in [1.165, 1.54) is 11.8 Å². The van der Waals surface area contributed by atoms with Crippen LogP contribution in [0.5, 0.6) is 0 Å². The third-order valence-electron chi connectivity index (χ3n) is 5.14. The molecule has 146 valence electrons. The van der Waals surface area contributed by atoms with Crippen molar-refractivity contribution in [3.05, 3.63) is 54.4 Å². The standard InChI is InChI=1S/C20H22N4O3S/c25-18(14-28-19-21-9-4-10-22-19)23-11-7-16(8-12-23)24-13-17(27-20(24)26)15-5-2-1-3-6-15/h1-6,9-10,16-17H,7-8,11-14H2. The highest BCUT2D eigenvalue weighted by molar-refractivity contribution is 7.99. The van der Waals surface area contributed by atoms with E-state index in [2.05, 4.69) is 9.97 Å². The van der Waals surface area contributed by atoms with Crippen LogP contribution >= 0.6 is 11.8 Å². The summed E-state index contributed by atoms with van der Waals surface area (Å²) in [6.45, 7) is 1.88. The van der Waals surface area contributed by atoms with E-state index in [1.54, 1.807) is 18.5 Å². The zero-order valence-corrected chi connectivity index (χ0v) is 16.3. The molecule has 2 aromatic rings. The molecule has 1 atom stereocenters. The number of carbonyl (C=O) groups excluding carboxylic acids is 2. The van der Waals surface area contributed by atoms with E-state index in [4.69, 9.17) is 4.74 Å². The van der Waals surface area contributed by atoms with E-state index in [0.717, 1.165) is 18.4 Å². The average molecular weight is 398 g/mol. The number of ether oxygens (including phenoxy) is 1. The minimum absolute atomic E-state index is 0.0852. The molecule has 0 aliphatic carbocycles. The Bertz CT molecular complexity index is 813. The Kier molecular flexibility index (Phi) is 5.76. The van der Waals surface area contributed by atoms with Crippen LogP contribution in [-0.2, 0) is 9.53 Å². The van der Waals surface area contributed by atoms with Crippen LogP contribution in [0.25, 0.3) is 0 Å². The Morgan fingerprint density at radius 2 is 1.82 bits per heavy atom. The van der Waals surface area contributed by atoms with Crippen molar-refractivity contribution in [1.29, 1.82) is 0 Å². The molecule has 0 saturated carbocycles. The Hall–Kier alpha value is -2.61. The first kappa shape index (κ1) is 18.7. The molecule has 3 heterocycles. The van der Waals surface area contributed by atoms with E-state index in [0.29, 0.717) is 30.5 Å². The summed E-state index contributed by atoms with van der Waals surface area (Å²) >= 11 is 1.35. The summed E-state index contributed by atoms with van der Waals surface area (Å²) in [6.07, 6.45) is 4.42. The Morgan fingerprint density at radius 3 is 2.54 bits per heavy atom. The lowest BCUT2D eigenvalue weighted by atomic mass is 10.0. The number of hydrogen-bond acceptors (Lipinski definition) is 6. The number of benzene rings is 1. The molecule has 8 heteroatoms. The first-order valence-electron chi connectivity index (χ1n) is 9.40. The Labute approximate surface area is 168 Å². The molecule has 4 rings (SSSR count). The lowest BCUT2D eigenvalue weighted by molar-refractivity contribution is -0.129. The van der Waals surface area contributed by atoms with Gasteiger partial charge in [-0.05, 0) is 24.5 Å². The highest BCUT2D eigenvalue weighted by atomic mass is 32.2. The fourth-order valence-corrected chi connectivity index (χ4v) is 4.33. The fourth-order valence-electron chi connectivity index (χ4n) is 3.62. The number of cyclic esters (lactones) is 1. The van der Waals surface area contributed by atoms with Crippen LogP contribution in [0, 0.1) is 0 Å². The summed E-state index contributed by atoms with van der Waals surface area (Å²) in [5.41, 5.74) is 1.02. The third kappa shape index (κ3) is 4.27. The van der Waals surface area contributed by atoms with E-state index < -0.39 is 0 Å². The number of aromatic nitrogens is 2. The smallest absolute Gasteiger partial charge is 0.410 e. The van der Waals surface area contributed by atoms with E-state index in [1.807, 2.05) is 40.1 Å². The van der Waals surface area contributed by atoms with Gasteiger partial charge in [-0.1, -0.05) is 42.1 Å². The number of nitrogens with zero attached hydrogens (tertiary/aromatic N) is 4. The zero-order valence-electron chi connectivity index (χ0n) is 15.4. The van der Waals surface area contributed by atoms with Crippen molar-refractivity contribution in [3.63, 3.8) is 0 Å². The van der Waals surface area contributed by atoms with Gasteiger partial charge >= 0.3 is 6.09 Å². The number of piperidine rings is 1. The number of likely N-dealkylation sites (tertiary alicyclic amines) is 1. The van der Waals surface area contributed by atoms with Gasteiger partial charge in [0.25, 0.3) is 0 Å². The molecule has 2 fully saturated rings. The zero-order chi connectivity index (χ0) is 19.3. The summed E-state index contributed by atoms with van der Waals surface area (Å²) in [5, 5.41) is 0.609. The minimum Gasteiger partial charge on any atom is -0.439 e. The summed E-state index contributed by atoms with van der Waals surface area (Å²) in [6, 6.07) is 11.7. The molecular formula is C20H22N4O3S. The quantitative estimate of drug-likeness (QED) is 0.569. The predicted octanol–water partition coefficient (Wildman–Crippen LogP) is 2.75. The van der Waals surface area contributed by atoms with E-state index in [9.17, 15) is 9.59 Å². The summed E-state index contributed by atoms with van der Waals surface area (Å²) in [4.78, 5) is 36.7. The second kappa shape index (κ2) is 8.60. The number of hydrogen-bond donors (Lipinski definition) is 0. The molecule has 2 saturated heterocycles. The lowest BCUT2D eigenvalue weighted by Gasteiger charge is -2.35. The van der Waals surface area contributed by atoms with Crippen LogP contribution in [-0.4, -0.2) is 63.2 Å². The van der Waals surface area contributed by atoms with Crippen LogP contribution < -0.4 is 0 Å². The minimum atomic E-state index is -0.254. The van der Waals surface area contributed by atoms with Crippen molar-refractivity contribution < 1.29 is 14.3 Å². The van der Waals surface area contributed by atoms with Gasteiger partial charge in [0, 0.05) is 31.5 Å². The monoisotopic (exact) mass is 398 g/mol. The van der Waals surface area contributed by atoms with Crippen LogP contribution in [0.4, 0.5) is 4.79 Å². The third-order valence-corrected chi connectivity index (χ3v) is 6.00. The maximum atomic E-state index is 12.4. The number of rotatable bonds is 5. The molecule has 2 aliphatic heterocycles. The largest absolute Gasteiger partial charge is 0.439 e. The first-order valence-corrected chi connectivity index (χ1v) is 10.4. The maximum absolute atomic E-state index is 12.4. The van der Waals surface area contributed by atoms with Crippen molar-refractivity contribution in [2.75, 3.05) is 25.4 Å². The molecule has 2 aliphatic rings. The number of carbonyl (C=O) groups is 2. The molecule has 1 aromatic heterocycles. The average Bonchev–Trinajstić information content (AvgIpc) is 3.15. The topological polar surface area (TPSA) is 75.6 Å². The molecule has 0 bridgehead atoms. The normalized spacial score (nSPS) is 20.3. The molecule has 1 aromatic carbocycles. The van der Waals surface area contributed by atoms with Gasteiger partial charge < -0.3 is 14.5 Å². The fraction of sp³-hybridized carbons (Fsp3) is 0.400. The van der Waals surface area contributed by atoms with Crippen molar-refractivity contribution in [3.8, 4) is 0 Å². The number of amides is 2. The maximum Gasteiger partial charge on any atom is 0.410 e. The van der Waals surface area contributed by atoms with Crippen molar-refractivity contribution in [1.82, 2.24) is 19.8 Å². The van der Waals surface area contributed by atoms with Crippen LogP contribution in [0.15, 0.2) is 53.9 Å². The first-order chi connectivity index (χ1) is 13.7. The molecule has 2 amide bonds. The van der Waals surface area contributed by atoms with Gasteiger partial charge in [0.15, 0.2) is 5.16 Å². The second-order valence-corrected chi connectivity index (χ2v) is 7.81. The van der Waals surface area contributed by atoms with Gasteiger partial charge in [-0.25, -0.2) is 14.8 Å². The Morgan fingerprint density at radius 1 is 1.11 bits per heavy atom. The van der Waals surface area contributed by atoms with Gasteiger partial charge in [0.05, 0.1) is 12.3 Å². The van der Waals surface area contributed by atoms with Crippen LogP contribution in [0.3, 0.4) is 0 Å². The molecule has 0 spiro atoms. The highest BCUT2D eigenvalue weighted by Gasteiger charge is 2.38. The van der Waals surface area contributed by atoms with Gasteiger partial charge in [-0.15, -0.1) is 0 Å². The van der Waals surface area contributed by atoms with Crippen molar-refractivity contribution in [2.24, 2.45) is 0 Å². The van der Waals surface area contributed by atoms with Crippen LogP contribution in [0.2, 0.25) is 0 Å². The predicted molar refractivity (Wildman–Crippen MR) is 105 cm³/mol. The van der Waals surface area contributed by atoms with Crippen molar-refractivity contribution in [2.45, 2.75) is 30.1 Å². The van der Waals surface area contributed by atoms with Gasteiger partial charge in [0.1, 0.15) is 6.10 Å². The lowest BCUT2D eigenvalue weighted by Crippen LogP contribution is -2.47. The number of thioether (sulfide) groups is 1. The van der Waals surface area contributed by atoms with E-state index >= 15 is 0 Å². The van der Waals surface area contributed by atoms with Crippen molar-refractivity contribution >= 4 is 23.8 Å².